The molecule has 0 aromatic carbocycles. The van der Waals surface area contributed by atoms with Gasteiger partial charge < -0.3 is 10.2 Å². The van der Waals surface area contributed by atoms with Gasteiger partial charge in [0.1, 0.15) is 6.61 Å². The first kappa shape index (κ1) is 11.2. The largest absolute Gasteiger partial charge is 0.396 e. The minimum atomic E-state index is 0. The van der Waals surface area contributed by atoms with E-state index in [0.29, 0.717) is 12.6 Å². The first-order valence-electron chi connectivity index (χ1n) is 3.83. The van der Waals surface area contributed by atoms with Crippen LogP contribution >= 0.6 is 12.4 Å². The Morgan fingerprint density at radius 3 is 3.25 bits per heavy atom. The molecule has 0 radical (unpaired) electrons. The first-order valence-corrected chi connectivity index (χ1v) is 3.83. The average Bonchev–Trinajstić information content (AvgIpc) is 2.07. The molecule has 0 aromatic rings. The zero-order chi connectivity index (χ0) is 7.94. The second-order valence-corrected chi connectivity index (χ2v) is 2.27. The molecular weight excluding hydrogens is 178 g/mol. The van der Waals surface area contributed by atoms with Crippen molar-refractivity contribution in [1.82, 2.24) is 5.32 Å². The first-order chi connectivity index (χ1) is 5.43. The molecule has 1 aliphatic heterocycles. The highest BCUT2D eigenvalue weighted by Crippen LogP contribution is 1.93. The molecule has 0 amide bonds. The maximum absolute atomic E-state index is 4.82. The van der Waals surface area contributed by atoms with Crippen LogP contribution in [0.4, 0.5) is 0 Å². The second-order valence-electron chi connectivity index (χ2n) is 2.27. The van der Waals surface area contributed by atoms with Crippen LogP contribution in [0.3, 0.4) is 0 Å². The maximum Gasteiger partial charge on any atom is 0.114 e. The van der Waals surface area contributed by atoms with Gasteiger partial charge in [0, 0.05) is 6.54 Å². The van der Waals surface area contributed by atoms with Gasteiger partial charge in [-0.05, 0) is 13.3 Å². The van der Waals surface area contributed by atoms with E-state index in [0.717, 1.165) is 13.0 Å². The van der Waals surface area contributed by atoms with E-state index in [4.69, 9.17) is 4.84 Å². The molecule has 1 rings (SSSR count). The van der Waals surface area contributed by atoms with Gasteiger partial charge >= 0.3 is 0 Å². The van der Waals surface area contributed by atoms with Crippen molar-refractivity contribution >= 4 is 25.0 Å². The van der Waals surface area contributed by atoms with Crippen LogP contribution in [0.25, 0.3) is 0 Å². The third kappa shape index (κ3) is 4.18. The van der Waals surface area contributed by atoms with Crippen LogP contribution < -0.4 is 5.32 Å². The van der Waals surface area contributed by atoms with Crippen LogP contribution in [0.5, 0.6) is 0 Å². The van der Waals surface area contributed by atoms with E-state index >= 15 is 0 Å². The van der Waals surface area contributed by atoms with Crippen molar-refractivity contribution in [3.8, 4) is 0 Å². The molecule has 5 heteroatoms. The van der Waals surface area contributed by atoms with Gasteiger partial charge in [0.2, 0.25) is 0 Å². The number of oxime groups is 1. The van der Waals surface area contributed by atoms with Crippen LogP contribution in [-0.4, -0.2) is 31.7 Å². The quantitative estimate of drug-likeness (QED) is 0.531. The number of halogens is 1. The van der Waals surface area contributed by atoms with Crippen molar-refractivity contribution in [2.24, 2.45) is 10.1 Å². The van der Waals surface area contributed by atoms with Crippen LogP contribution in [-0.2, 0) is 4.84 Å². The van der Waals surface area contributed by atoms with E-state index in [-0.39, 0.29) is 12.4 Å². The monoisotopic (exact) mass is 191 g/mol. The van der Waals surface area contributed by atoms with Gasteiger partial charge in [0.25, 0.3) is 0 Å². The van der Waals surface area contributed by atoms with Crippen molar-refractivity contribution < 1.29 is 4.84 Å². The molecule has 0 spiro atoms. The lowest BCUT2D eigenvalue weighted by Crippen LogP contribution is -2.33. The summed E-state index contributed by atoms with van der Waals surface area (Å²) >= 11 is 0. The maximum atomic E-state index is 4.82. The molecule has 1 N–H and O–H groups in total. The third-order valence-electron chi connectivity index (χ3n) is 1.39. The number of nitrogens with one attached hydrogen (secondary N) is 1. The summed E-state index contributed by atoms with van der Waals surface area (Å²) in [6.45, 7) is 3.40. The summed E-state index contributed by atoms with van der Waals surface area (Å²) in [5, 5.41) is 6.82. The Balaban J connectivity index is 0.00000121. The SMILES string of the molecule is CCON=CC1CCN=CN1.Cl. The summed E-state index contributed by atoms with van der Waals surface area (Å²) < 4.78 is 0. The van der Waals surface area contributed by atoms with Crippen LogP contribution in [0, 0.1) is 0 Å². The third-order valence-corrected chi connectivity index (χ3v) is 1.39. The second kappa shape index (κ2) is 6.91. The molecule has 1 unspecified atom stereocenters. The van der Waals surface area contributed by atoms with E-state index in [1.165, 1.54) is 0 Å². The van der Waals surface area contributed by atoms with Crippen molar-refractivity contribution in [2.75, 3.05) is 13.2 Å². The predicted molar refractivity (Wildman–Crippen MR) is 52.3 cm³/mol. The fourth-order valence-corrected chi connectivity index (χ4v) is 0.819. The Hall–Kier alpha value is -0.770. The molecule has 0 bridgehead atoms. The van der Waals surface area contributed by atoms with E-state index in [2.05, 4.69) is 15.5 Å². The molecular formula is C7H14ClN3O. The highest BCUT2D eigenvalue weighted by Gasteiger charge is 2.05. The molecule has 4 nitrogen and oxygen atoms in total. The molecule has 70 valence electrons. The Kier molecular flexibility index (Phi) is 6.47. The lowest BCUT2D eigenvalue weighted by molar-refractivity contribution is 0.159. The highest BCUT2D eigenvalue weighted by atomic mass is 35.5. The van der Waals surface area contributed by atoms with E-state index < -0.39 is 0 Å². The van der Waals surface area contributed by atoms with E-state index in [1.54, 1.807) is 12.6 Å². The normalized spacial score (nSPS) is 21.6. The molecule has 1 aliphatic rings. The molecule has 1 heterocycles. The molecule has 0 aliphatic carbocycles. The predicted octanol–water partition coefficient (Wildman–Crippen LogP) is 0.821. The van der Waals surface area contributed by atoms with Crippen molar-refractivity contribution in [1.29, 1.82) is 0 Å². The lowest BCUT2D eigenvalue weighted by Gasteiger charge is -2.13. The van der Waals surface area contributed by atoms with Gasteiger partial charge in [-0.2, -0.15) is 0 Å². The Labute approximate surface area is 78.5 Å². The van der Waals surface area contributed by atoms with E-state index in [9.17, 15) is 0 Å². The Morgan fingerprint density at radius 1 is 1.83 bits per heavy atom. The molecule has 1 atom stereocenters. The van der Waals surface area contributed by atoms with Gasteiger partial charge in [-0.25, -0.2) is 0 Å². The fraction of sp³-hybridized carbons (Fsp3) is 0.714. The number of nitrogens with zero attached hydrogens (tertiary/aromatic N) is 2. The standard InChI is InChI=1S/C7H13N3O.ClH/c1-2-11-10-5-7-3-4-8-6-9-7;/h5-7H,2-4H2,1H3,(H,8,9);1H. The zero-order valence-corrected chi connectivity index (χ0v) is 7.88. The average molecular weight is 192 g/mol. The smallest absolute Gasteiger partial charge is 0.114 e. The van der Waals surface area contributed by atoms with Gasteiger partial charge in [0.05, 0.1) is 18.6 Å². The van der Waals surface area contributed by atoms with Gasteiger partial charge in [-0.3, -0.25) is 4.99 Å². The summed E-state index contributed by atoms with van der Waals surface area (Å²) in [4.78, 5) is 8.84. The summed E-state index contributed by atoms with van der Waals surface area (Å²) in [5.41, 5.74) is 0. The fourth-order valence-electron chi connectivity index (χ4n) is 0.819. The van der Waals surface area contributed by atoms with Gasteiger partial charge in [0.15, 0.2) is 0 Å². The molecule has 0 saturated heterocycles. The Morgan fingerprint density at radius 2 is 2.67 bits per heavy atom. The lowest BCUT2D eigenvalue weighted by atomic mass is 10.2. The highest BCUT2D eigenvalue weighted by molar-refractivity contribution is 5.85. The molecule has 0 saturated carbocycles. The zero-order valence-electron chi connectivity index (χ0n) is 7.06. The number of aliphatic imine (C=N–C) groups is 1. The summed E-state index contributed by atoms with van der Waals surface area (Å²) in [7, 11) is 0. The molecule has 12 heavy (non-hydrogen) atoms. The van der Waals surface area contributed by atoms with Crippen LogP contribution in [0.15, 0.2) is 10.1 Å². The molecule has 0 aromatic heterocycles. The van der Waals surface area contributed by atoms with E-state index in [1.807, 2.05) is 6.92 Å². The number of hydrogen-bond acceptors (Lipinski definition) is 4. The Bertz CT molecular complexity index is 161. The molecule has 0 fully saturated rings. The summed E-state index contributed by atoms with van der Waals surface area (Å²) in [5.74, 6) is 0. The van der Waals surface area contributed by atoms with Crippen molar-refractivity contribution in [2.45, 2.75) is 19.4 Å². The van der Waals surface area contributed by atoms with Crippen molar-refractivity contribution in [3.63, 3.8) is 0 Å². The summed E-state index contributed by atoms with van der Waals surface area (Å²) in [6, 6.07) is 0.291. The van der Waals surface area contributed by atoms with Crippen molar-refractivity contribution in [3.05, 3.63) is 0 Å². The van der Waals surface area contributed by atoms with Crippen LogP contribution in [0.2, 0.25) is 0 Å². The van der Waals surface area contributed by atoms with Gasteiger partial charge in [-0.15, -0.1) is 12.4 Å². The number of hydrogen-bond donors (Lipinski definition) is 1. The van der Waals surface area contributed by atoms with Gasteiger partial charge in [-0.1, -0.05) is 5.16 Å². The summed E-state index contributed by atoms with van der Waals surface area (Å²) in [6.07, 6.45) is 4.48. The topological polar surface area (TPSA) is 46.0 Å². The minimum Gasteiger partial charge on any atom is -0.396 e. The number of rotatable bonds is 3. The minimum absolute atomic E-state index is 0. The van der Waals surface area contributed by atoms with Crippen LogP contribution in [0.1, 0.15) is 13.3 Å².